The molecule has 1 unspecified atom stereocenters. The quantitative estimate of drug-likeness (QED) is 0.509. The molecule has 1 aromatic rings. The molecule has 0 spiro atoms. The average molecular weight is 372 g/mol. The molecule has 1 heterocycles. The number of nitrogens with zero attached hydrogens (tertiary/aromatic N) is 1. The van der Waals surface area contributed by atoms with Gasteiger partial charge in [-0.05, 0) is 23.7 Å². The van der Waals surface area contributed by atoms with E-state index in [0.717, 1.165) is 5.56 Å². The summed E-state index contributed by atoms with van der Waals surface area (Å²) in [5.74, 6) is 0. The molecule has 6 heteroatoms. The van der Waals surface area contributed by atoms with Crippen LogP contribution in [0.1, 0.15) is 26.3 Å². The van der Waals surface area contributed by atoms with Gasteiger partial charge >= 0.3 is 6.18 Å². The molecule has 2 rings (SSSR count). The second kappa shape index (κ2) is 7.25. The first kappa shape index (κ1) is 20.2. The molecular weight excluding hydrogens is 343 g/mol. The monoisotopic (exact) mass is 371 g/mol. The normalized spacial score (nSPS) is 20.0. The molecule has 0 amide bonds. The molecule has 0 N–H and O–H groups in total. The van der Waals surface area contributed by atoms with Gasteiger partial charge < -0.3 is 4.43 Å². The molecular formula is C19H28F3NOSi. The summed E-state index contributed by atoms with van der Waals surface area (Å²) in [6.07, 6.45) is -2.93. The van der Waals surface area contributed by atoms with Crippen molar-refractivity contribution in [2.24, 2.45) is 0 Å². The van der Waals surface area contributed by atoms with E-state index in [4.69, 9.17) is 4.43 Å². The van der Waals surface area contributed by atoms with Gasteiger partial charge in [-0.25, -0.2) is 0 Å². The molecule has 140 valence electrons. The van der Waals surface area contributed by atoms with Crippen LogP contribution in [0.5, 0.6) is 0 Å². The first-order chi connectivity index (χ1) is 11.4. The molecule has 0 aliphatic carbocycles. The number of rotatable bonds is 5. The van der Waals surface area contributed by atoms with E-state index >= 15 is 0 Å². The highest BCUT2D eigenvalue weighted by Gasteiger charge is 2.42. The minimum atomic E-state index is -4.28. The second-order valence-corrected chi connectivity index (χ2v) is 13.0. The lowest BCUT2D eigenvalue weighted by atomic mass is 10.2. The SMILES string of the molecule is CC(C)(C)[Si](C)(C)OCC1C=C(C(F)(F)F)CN1Cc1ccccc1. The van der Waals surface area contributed by atoms with Crippen LogP contribution in [0.2, 0.25) is 18.1 Å². The summed E-state index contributed by atoms with van der Waals surface area (Å²) >= 11 is 0. The zero-order valence-electron chi connectivity index (χ0n) is 15.7. The van der Waals surface area contributed by atoms with Crippen molar-refractivity contribution >= 4 is 8.32 Å². The molecule has 1 aromatic carbocycles. The molecule has 0 aromatic heterocycles. The maximum absolute atomic E-state index is 13.2. The Morgan fingerprint density at radius 3 is 2.24 bits per heavy atom. The highest BCUT2D eigenvalue weighted by molar-refractivity contribution is 6.74. The standard InChI is InChI=1S/C19H28F3NOSi/c1-18(2,3)25(4,5)24-14-17-11-16(19(20,21)22)13-23(17)12-15-9-7-6-8-10-15/h6-11,17H,12-14H2,1-5H3. The number of halogens is 3. The van der Waals surface area contributed by atoms with E-state index in [-0.39, 0.29) is 17.6 Å². The lowest BCUT2D eigenvalue weighted by molar-refractivity contribution is -0.0937. The van der Waals surface area contributed by atoms with Crippen molar-refractivity contribution in [3.05, 3.63) is 47.5 Å². The van der Waals surface area contributed by atoms with Crippen LogP contribution >= 0.6 is 0 Å². The third-order valence-corrected chi connectivity index (χ3v) is 9.75. The third kappa shape index (κ3) is 5.18. The number of hydrogen-bond acceptors (Lipinski definition) is 2. The summed E-state index contributed by atoms with van der Waals surface area (Å²) in [6, 6.07) is 9.26. The summed E-state index contributed by atoms with van der Waals surface area (Å²) in [5.41, 5.74) is 0.545. The Labute approximate surface area is 149 Å². The zero-order valence-corrected chi connectivity index (χ0v) is 16.7. The number of alkyl halides is 3. The van der Waals surface area contributed by atoms with E-state index in [9.17, 15) is 13.2 Å². The molecule has 1 atom stereocenters. The van der Waals surface area contributed by atoms with E-state index in [1.165, 1.54) is 6.08 Å². The molecule has 25 heavy (non-hydrogen) atoms. The summed E-state index contributed by atoms with van der Waals surface area (Å²) in [6.45, 7) is 11.4. The summed E-state index contributed by atoms with van der Waals surface area (Å²) in [7, 11) is -2.00. The Kier molecular flexibility index (Phi) is 5.86. The van der Waals surface area contributed by atoms with Gasteiger partial charge in [-0.3, -0.25) is 4.90 Å². The molecule has 0 saturated heterocycles. The fourth-order valence-corrected chi connectivity index (χ4v) is 3.59. The van der Waals surface area contributed by atoms with Crippen LogP contribution in [-0.4, -0.2) is 38.6 Å². The maximum atomic E-state index is 13.2. The van der Waals surface area contributed by atoms with Crippen molar-refractivity contribution in [1.29, 1.82) is 0 Å². The van der Waals surface area contributed by atoms with E-state index in [1.54, 1.807) is 0 Å². The van der Waals surface area contributed by atoms with Crippen LogP contribution in [0.25, 0.3) is 0 Å². The Bertz CT molecular complexity index is 605. The second-order valence-electron chi connectivity index (χ2n) is 8.22. The van der Waals surface area contributed by atoms with Crippen molar-refractivity contribution in [2.45, 2.75) is 57.7 Å². The van der Waals surface area contributed by atoms with Gasteiger partial charge in [0.25, 0.3) is 0 Å². The summed E-state index contributed by atoms with van der Waals surface area (Å²) in [5, 5.41) is 0.0342. The Hall–Kier alpha value is -1.11. The molecule has 0 radical (unpaired) electrons. The smallest absolute Gasteiger partial charge is 0.413 e. The number of benzene rings is 1. The third-order valence-electron chi connectivity index (χ3n) is 5.25. The fraction of sp³-hybridized carbons (Fsp3) is 0.579. The minimum Gasteiger partial charge on any atom is -0.415 e. The van der Waals surface area contributed by atoms with Gasteiger partial charge in [0.2, 0.25) is 0 Å². The van der Waals surface area contributed by atoms with E-state index in [0.29, 0.717) is 13.2 Å². The fourth-order valence-electron chi connectivity index (χ4n) is 2.57. The van der Waals surface area contributed by atoms with Crippen LogP contribution in [0, 0.1) is 0 Å². The summed E-state index contributed by atoms with van der Waals surface area (Å²) < 4.78 is 45.7. The predicted octanol–water partition coefficient (Wildman–Crippen LogP) is 5.38. The van der Waals surface area contributed by atoms with E-state index in [1.807, 2.05) is 35.2 Å². The van der Waals surface area contributed by atoms with Crippen LogP contribution in [0.15, 0.2) is 42.0 Å². The lowest BCUT2D eigenvalue weighted by Crippen LogP contribution is -2.44. The summed E-state index contributed by atoms with van der Waals surface area (Å²) in [4.78, 5) is 1.85. The minimum absolute atomic E-state index is 0.0342. The van der Waals surface area contributed by atoms with Crippen LogP contribution in [0.4, 0.5) is 13.2 Å². The van der Waals surface area contributed by atoms with Crippen molar-refractivity contribution in [2.75, 3.05) is 13.2 Å². The van der Waals surface area contributed by atoms with Gasteiger partial charge in [-0.2, -0.15) is 13.2 Å². The van der Waals surface area contributed by atoms with Gasteiger partial charge in [-0.15, -0.1) is 0 Å². The van der Waals surface area contributed by atoms with Crippen molar-refractivity contribution < 1.29 is 17.6 Å². The van der Waals surface area contributed by atoms with Gasteiger partial charge in [0, 0.05) is 18.7 Å². The molecule has 0 fully saturated rings. The molecule has 2 nitrogen and oxygen atoms in total. The molecule has 1 aliphatic heterocycles. The van der Waals surface area contributed by atoms with Gasteiger partial charge in [-0.1, -0.05) is 57.2 Å². The van der Waals surface area contributed by atoms with Gasteiger partial charge in [0.1, 0.15) is 0 Å². The highest BCUT2D eigenvalue weighted by atomic mass is 28.4. The molecule has 0 saturated carbocycles. The van der Waals surface area contributed by atoms with Crippen LogP contribution < -0.4 is 0 Å². The van der Waals surface area contributed by atoms with Crippen molar-refractivity contribution in [3.63, 3.8) is 0 Å². The Morgan fingerprint density at radius 2 is 1.72 bits per heavy atom. The lowest BCUT2D eigenvalue weighted by Gasteiger charge is -2.37. The largest absolute Gasteiger partial charge is 0.415 e. The average Bonchev–Trinajstić information content (AvgIpc) is 2.88. The Morgan fingerprint density at radius 1 is 1.12 bits per heavy atom. The van der Waals surface area contributed by atoms with Crippen molar-refractivity contribution in [1.82, 2.24) is 4.90 Å². The van der Waals surface area contributed by atoms with Gasteiger partial charge in [0.15, 0.2) is 8.32 Å². The van der Waals surface area contributed by atoms with Crippen LogP contribution in [0.3, 0.4) is 0 Å². The number of hydrogen-bond donors (Lipinski definition) is 0. The first-order valence-corrected chi connectivity index (χ1v) is 11.5. The maximum Gasteiger partial charge on any atom is 0.413 e. The van der Waals surface area contributed by atoms with Crippen LogP contribution in [-0.2, 0) is 11.0 Å². The topological polar surface area (TPSA) is 12.5 Å². The molecule has 1 aliphatic rings. The van der Waals surface area contributed by atoms with Gasteiger partial charge in [0.05, 0.1) is 12.6 Å². The highest BCUT2D eigenvalue weighted by Crippen LogP contribution is 2.38. The van der Waals surface area contributed by atoms with Crippen molar-refractivity contribution in [3.8, 4) is 0 Å². The Balaban J connectivity index is 2.13. The van der Waals surface area contributed by atoms with E-state index in [2.05, 4.69) is 33.9 Å². The molecule has 0 bridgehead atoms. The predicted molar refractivity (Wildman–Crippen MR) is 97.9 cm³/mol. The van der Waals surface area contributed by atoms with E-state index < -0.39 is 20.1 Å². The first-order valence-electron chi connectivity index (χ1n) is 8.60. The zero-order chi connectivity index (χ0) is 18.9.